The Bertz CT molecular complexity index is 1400. The summed E-state index contributed by atoms with van der Waals surface area (Å²) < 4.78 is 177. The number of nitrogens with one attached hydrogen (secondary N) is 1. The largest absolute Gasteiger partial charge is 0.461 e. The van der Waals surface area contributed by atoms with Gasteiger partial charge in [-0.1, -0.05) is 6.07 Å². The average molecular weight is 593 g/mol. The fraction of sp³-hybridized carbons (Fsp3) is 0.208. The van der Waals surface area contributed by atoms with Gasteiger partial charge in [-0.3, -0.25) is 4.79 Å². The highest BCUT2D eigenvalue weighted by Gasteiger charge is 2.44. The molecule has 16 heteroatoms. The average Bonchev–Trinajstić information content (AvgIpc) is 2.81. The SMILES string of the molecule is O=C(N[C@@H](c1cc(F)cc(OC(F)(F)C(F)F)c1)c1ccc(F)c(C(F)(F)F)c1)c1ccc(F)c(C(F)(F)F)c1. The van der Waals surface area contributed by atoms with Crippen LogP contribution < -0.4 is 10.1 Å². The molecular weight excluding hydrogens is 581 g/mol. The maximum absolute atomic E-state index is 14.3. The van der Waals surface area contributed by atoms with Crippen LogP contribution in [0.2, 0.25) is 0 Å². The van der Waals surface area contributed by atoms with Crippen molar-refractivity contribution in [3.05, 3.63) is 99.9 Å². The Labute approximate surface area is 215 Å². The molecule has 0 heterocycles. The van der Waals surface area contributed by atoms with Gasteiger partial charge in [-0.05, 0) is 53.6 Å². The third kappa shape index (κ3) is 6.96. The second-order valence-electron chi connectivity index (χ2n) is 8.02. The number of halogens is 13. The Morgan fingerprint density at radius 2 is 1.25 bits per heavy atom. The van der Waals surface area contributed by atoms with E-state index in [2.05, 4.69) is 4.74 Å². The molecule has 0 aliphatic rings. The molecule has 0 radical (unpaired) electrons. The van der Waals surface area contributed by atoms with Crippen molar-refractivity contribution in [2.45, 2.75) is 30.9 Å². The van der Waals surface area contributed by atoms with Gasteiger partial charge in [-0.15, -0.1) is 0 Å². The van der Waals surface area contributed by atoms with Gasteiger partial charge < -0.3 is 10.1 Å². The van der Waals surface area contributed by atoms with Gasteiger partial charge in [0.25, 0.3) is 5.91 Å². The molecule has 40 heavy (non-hydrogen) atoms. The molecule has 0 aliphatic carbocycles. The van der Waals surface area contributed by atoms with Gasteiger partial charge in [-0.25, -0.2) is 13.2 Å². The lowest BCUT2D eigenvalue weighted by atomic mass is 9.95. The van der Waals surface area contributed by atoms with Gasteiger partial charge in [0.15, 0.2) is 0 Å². The quantitative estimate of drug-likeness (QED) is 0.283. The van der Waals surface area contributed by atoms with Gasteiger partial charge in [0, 0.05) is 11.6 Å². The minimum Gasteiger partial charge on any atom is -0.428 e. The molecule has 3 aromatic rings. The van der Waals surface area contributed by atoms with E-state index in [0.29, 0.717) is 24.3 Å². The normalized spacial score (nSPS) is 13.3. The van der Waals surface area contributed by atoms with Gasteiger partial charge in [-0.2, -0.15) is 43.9 Å². The molecule has 0 saturated heterocycles. The van der Waals surface area contributed by atoms with Crippen molar-refractivity contribution in [1.29, 1.82) is 0 Å². The number of carbonyl (C=O) groups is 1. The van der Waals surface area contributed by atoms with Crippen LogP contribution in [0.25, 0.3) is 0 Å². The molecular formula is C24H12F13NO2. The lowest BCUT2D eigenvalue weighted by Crippen LogP contribution is -2.33. The number of benzene rings is 3. The zero-order chi connectivity index (χ0) is 30.2. The molecule has 0 aliphatic heterocycles. The lowest BCUT2D eigenvalue weighted by molar-refractivity contribution is -0.253. The number of alkyl halides is 10. The first kappa shape index (κ1) is 30.6. The van der Waals surface area contributed by atoms with Crippen molar-refractivity contribution in [2.24, 2.45) is 0 Å². The summed E-state index contributed by atoms with van der Waals surface area (Å²) in [4.78, 5) is 12.8. The molecule has 1 amide bonds. The summed E-state index contributed by atoms with van der Waals surface area (Å²) in [6.45, 7) is 0. The van der Waals surface area contributed by atoms with E-state index in [1.165, 1.54) is 0 Å². The highest BCUT2D eigenvalue weighted by Crippen LogP contribution is 2.37. The fourth-order valence-electron chi connectivity index (χ4n) is 3.41. The van der Waals surface area contributed by atoms with Crippen LogP contribution in [0.5, 0.6) is 5.75 Å². The molecule has 0 saturated carbocycles. The van der Waals surface area contributed by atoms with Crippen LogP contribution in [0.1, 0.15) is 38.7 Å². The molecule has 0 fully saturated rings. The molecule has 1 N–H and O–H groups in total. The van der Waals surface area contributed by atoms with Crippen molar-refractivity contribution in [3.8, 4) is 5.75 Å². The molecule has 0 bridgehead atoms. The summed E-state index contributed by atoms with van der Waals surface area (Å²) >= 11 is 0. The van der Waals surface area contributed by atoms with Crippen LogP contribution in [-0.4, -0.2) is 18.4 Å². The summed E-state index contributed by atoms with van der Waals surface area (Å²) in [6, 6.07) is 0.931. The van der Waals surface area contributed by atoms with Crippen molar-refractivity contribution < 1.29 is 66.6 Å². The first-order valence-electron chi connectivity index (χ1n) is 10.5. The van der Waals surface area contributed by atoms with Crippen LogP contribution in [0.15, 0.2) is 54.6 Å². The van der Waals surface area contributed by atoms with E-state index >= 15 is 0 Å². The highest BCUT2D eigenvalue weighted by atomic mass is 19.4. The molecule has 216 valence electrons. The van der Waals surface area contributed by atoms with E-state index < -0.39 is 87.9 Å². The van der Waals surface area contributed by atoms with Crippen LogP contribution in [0.4, 0.5) is 57.1 Å². The summed E-state index contributed by atoms with van der Waals surface area (Å²) in [6.07, 6.45) is -20.2. The summed E-state index contributed by atoms with van der Waals surface area (Å²) in [5.41, 5.74) is -6.12. The number of rotatable bonds is 7. The maximum Gasteiger partial charge on any atom is 0.461 e. The Hall–Kier alpha value is -3.98. The van der Waals surface area contributed by atoms with Crippen molar-refractivity contribution in [2.75, 3.05) is 0 Å². The first-order chi connectivity index (χ1) is 18.3. The van der Waals surface area contributed by atoms with Crippen molar-refractivity contribution >= 4 is 5.91 Å². The summed E-state index contributed by atoms with van der Waals surface area (Å²) in [7, 11) is 0. The highest BCUT2D eigenvalue weighted by molar-refractivity contribution is 5.95. The lowest BCUT2D eigenvalue weighted by Gasteiger charge is -2.23. The third-order valence-corrected chi connectivity index (χ3v) is 5.17. The molecule has 3 rings (SSSR count). The molecule has 3 aromatic carbocycles. The minimum absolute atomic E-state index is 0.0524. The third-order valence-electron chi connectivity index (χ3n) is 5.17. The van der Waals surface area contributed by atoms with Crippen LogP contribution >= 0.6 is 0 Å². The van der Waals surface area contributed by atoms with Crippen molar-refractivity contribution in [3.63, 3.8) is 0 Å². The fourth-order valence-corrected chi connectivity index (χ4v) is 3.41. The second-order valence-corrected chi connectivity index (χ2v) is 8.02. The Morgan fingerprint density at radius 1 is 0.700 bits per heavy atom. The predicted molar refractivity (Wildman–Crippen MR) is 110 cm³/mol. The number of hydrogen-bond acceptors (Lipinski definition) is 2. The van der Waals surface area contributed by atoms with Gasteiger partial charge in [0.1, 0.15) is 23.2 Å². The van der Waals surface area contributed by atoms with Gasteiger partial charge in [0.2, 0.25) is 0 Å². The number of carbonyl (C=O) groups excluding carboxylic acids is 1. The van der Waals surface area contributed by atoms with Gasteiger partial charge in [0.05, 0.1) is 17.2 Å². The van der Waals surface area contributed by atoms with E-state index in [-0.39, 0.29) is 30.3 Å². The summed E-state index contributed by atoms with van der Waals surface area (Å²) in [5.74, 6) is -7.84. The second kappa shape index (κ2) is 10.9. The van der Waals surface area contributed by atoms with E-state index in [1.807, 2.05) is 5.32 Å². The molecule has 3 nitrogen and oxygen atoms in total. The van der Waals surface area contributed by atoms with Crippen LogP contribution in [-0.2, 0) is 12.4 Å². The van der Waals surface area contributed by atoms with Crippen molar-refractivity contribution in [1.82, 2.24) is 5.32 Å². The van der Waals surface area contributed by atoms with E-state index in [9.17, 15) is 61.9 Å². The zero-order valence-corrected chi connectivity index (χ0v) is 19.1. The number of hydrogen-bond donors (Lipinski definition) is 1. The molecule has 0 spiro atoms. The molecule has 0 aromatic heterocycles. The topological polar surface area (TPSA) is 38.3 Å². The Balaban J connectivity index is 2.15. The monoisotopic (exact) mass is 593 g/mol. The van der Waals surface area contributed by atoms with Crippen LogP contribution in [0.3, 0.4) is 0 Å². The Kier molecular flexibility index (Phi) is 8.32. The molecule has 1 atom stereocenters. The van der Waals surface area contributed by atoms with E-state index in [1.54, 1.807) is 0 Å². The first-order valence-corrected chi connectivity index (χ1v) is 10.5. The van der Waals surface area contributed by atoms with Crippen LogP contribution in [0, 0.1) is 17.5 Å². The predicted octanol–water partition coefficient (Wildman–Crippen LogP) is 7.90. The maximum atomic E-state index is 14.3. The zero-order valence-electron chi connectivity index (χ0n) is 19.1. The van der Waals surface area contributed by atoms with E-state index in [0.717, 1.165) is 0 Å². The number of ether oxygens (including phenoxy) is 1. The van der Waals surface area contributed by atoms with Gasteiger partial charge >= 0.3 is 24.9 Å². The minimum atomic E-state index is -5.32. The Morgan fingerprint density at radius 3 is 1.80 bits per heavy atom. The smallest absolute Gasteiger partial charge is 0.428 e. The standard InChI is InChI=1S/C24H12F13NO2/c25-13-5-12(6-14(9-13)40-24(36,37)21(28)29)19(10-1-3-17(26)15(7-10)22(30,31)32)38-20(39)11-2-4-18(27)16(8-11)23(33,34)35/h1-9,19,21H,(H,38,39)/t19-/m1/s1. The van der Waals surface area contributed by atoms with E-state index in [4.69, 9.17) is 0 Å². The number of amides is 1. The molecule has 0 unspecified atom stereocenters. The summed E-state index contributed by atoms with van der Waals surface area (Å²) in [5, 5.41) is 1.93.